The number of rotatable bonds is 6. The summed E-state index contributed by atoms with van der Waals surface area (Å²) in [6.45, 7) is 3.21. The zero-order valence-corrected chi connectivity index (χ0v) is 19.8. The van der Waals surface area contributed by atoms with Crippen molar-refractivity contribution in [3.05, 3.63) is 56.5 Å². The van der Waals surface area contributed by atoms with Gasteiger partial charge in [-0.25, -0.2) is 0 Å². The van der Waals surface area contributed by atoms with Gasteiger partial charge < -0.3 is 9.47 Å². The zero-order chi connectivity index (χ0) is 22.3. The van der Waals surface area contributed by atoms with Crippen LogP contribution in [0.25, 0.3) is 0 Å². The lowest BCUT2D eigenvalue weighted by atomic mass is 10.2. The third kappa shape index (κ3) is 7.64. The molecule has 7 nitrogen and oxygen atoms in total. The molecular weight excluding hydrogens is 517 g/mol. The Bertz CT molecular complexity index is 961. The molecule has 3 N–H and O–H groups in total. The van der Waals surface area contributed by atoms with Crippen LogP contribution in [-0.2, 0) is 9.59 Å². The van der Waals surface area contributed by atoms with Gasteiger partial charge in [-0.05, 0) is 77.9 Å². The largest absolute Gasteiger partial charge is 0.483 e. The Kier molecular flexibility index (Phi) is 9.16. The molecule has 1 atom stereocenters. The van der Waals surface area contributed by atoms with E-state index in [0.717, 1.165) is 10.0 Å². The molecule has 0 saturated heterocycles. The fraction of sp³-hybridized carbons (Fsp3) is 0.211. The second-order valence-corrected chi connectivity index (χ2v) is 8.16. The molecule has 0 spiro atoms. The van der Waals surface area contributed by atoms with Gasteiger partial charge >= 0.3 is 0 Å². The van der Waals surface area contributed by atoms with E-state index >= 15 is 0 Å². The van der Waals surface area contributed by atoms with Gasteiger partial charge in [0.05, 0.1) is 9.50 Å². The minimum Gasteiger partial charge on any atom is -0.483 e. The number of hydrogen-bond acceptors (Lipinski definition) is 5. The topological polar surface area (TPSA) is 88.7 Å². The van der Waals surface area contributed by atoms with Gasteiger partial charge in [0, 0.05) is 5.02 Å². The Morgan fingerprint density at radius 2 is 1.83 bits per heavy atom. The van der Waals surface area contributed by atoms with Gasteiger partial charge in [-0.3, -0.25) is 25.8 Å². The molecule has 0 heterocycles. The number of hydrazine groups is 1. The van der Waals surface area contributed by atoms with Gasteiger partial charge in [0.15, 0.2) is 17.8 Å². The molecule has 2 aromatic carbocycles. The number of thiocarbonyl (C=S) groups is 1. The van der Waals surface area contributed by atoms with Crippen LogP contribution in [0.15, 0.2) is 40.9 Å². The molecular formula is C19H18BrCl2N3O4S. The van der Waals surface area contributed by atoms with E-state index in [0.29, 0.717) is 16.5 Å². The van der Waals surface area contributed by atoms with E-state index in [1.54, 1.807) is 18.2 Å². The number of halogens is 3. The number of carbonyl (C=O) groups is 2. The molecule has 0 saturated carbocycles. The van der Waals surface area contributed by atoms with Crippen molar-refractivity contribution in [2.24, 2.45) is 0 Å². The van der Waals surface area contributed by atoms with Crippen LogP contribution in [0, 0.1) is 6.92 Å². The quantitative estimate of drug-likeness (QED) is 0.384. The Labute approximate surface area is 197 Å². The number of benzene rings is 2. The Balaban J connectivity index is 1.74. The molecule has 2 rings (SSSR count). The molecule has 2 amide bonds. The lowest BCUT2D eigenvalue weighted by Gasteiger charge is -2.17. The van der Waals surface area contributed by atoms with Crippen LogP contribution < -0.4 is 25.6 Å². The minimum absolute atomic E-state index is 0.100. The molecule has 2 aromatic rings. The number of hydrogen-bond donors (Lipinski definition) is 3. The SMILES string of the molecule is Cc1ccc(OCC(=O)NC(=S)NNC(=O)C(C)Oc2ccc(Cl)cc2Cl)c(Br)c1. The van der Waals surface area contributed by atoms with E-state index in [-0.39, 0.29) is 16.7 Å². The van der Waals surface area contributed by atoms with Gasteiger partial charge in [-0.2, -0.15) is 0 Å². The van der Waals surface area contributed by atoms with Crippen molar-refractivity contribution in [3.63, 3.8) is 0 Å². The van der Waals surface area contributed by atoms with Crippen molar-refractivity contribution in [1.29, 1.82) is 0 Å². The van der Waals surface area contributed by atoms with E-state index in [1.165, 1.54) is 13.0 Å². The van der Waals surface area contributed by atoms with Crippen LogP contribution in [0.3, 0.4) is 0 Å². The van der Waals surface area contributed by atoms with E-state index in [9.17, 15) is 9.59 Å². The van der Waals surface area contributed by atoms with Crippen LogP contribution in [0.5, 0.6) is 11.5 Å². The highest BCUT2D eigenvalue weighted by molar-refractivity contribution is 9.10. The van der Waals surface area contributed by atoms with E-state index in [4.69, 9.17) is 44.9 Å². The van der Waals surface area contributed by atoms with Crippen molar-refractivity contribution < 1.29 is 19.1 Å². The first kappa shape index (κ1) is 24.2. The van der Waals surface area contributed by atoms with E-state index in [2.05, 4.69) is 32.1 Å². The summed E-state index contributed by atoms with van der Waals surface area (Å²) < 4.78 is 11.6. The maximum absolute atomic E-state index is 12.1. The predicted molar refractivity (Wildman–Crippen MR) is 123 cm³/mol. The molecule has 0 aliphatic rings. The average Bonchev–Trinajstić information content (AvgIpc) is 2.67. The highest BCUT2D eigenvalue weighted by Crippen LogP contribution is 2.28. The van der Waals surface area contributed by atoms with Crippen molar-refractivity contribution in [1.82, 2.24) is 16.2 Å². The van der Waals surface area contributed by atoms with Crippen LogP contribution in [-0.4, -0.2) is 29.6 Å². The normalized spacial score (nSPS) is 11.2. The Hall–Kier alpha value is -2.07. The molecule has 0 radical (unpaired) electrons. The van der Waals surface area contributed by atoms with Gasteiger partial charge in [-0.15, -0.1) is 0 Å². The monoisotopic (exact) mass is 533 g/mol. The van der Waals surface area contributed by atoms with Crippen LogP contribution in [0.4, 0.5) is 0 Å². The van der Waals surface area contributed by atoms with Gasteiger partial charge in [0.25, 0.3) is 11.8 Å². The highest BCUT2D eigenvalue weighted by atomic mass is 79.9. The smallest absolute Gasteiger partial charge is 0.279 e. The molecule has 0 aromatic heterocycles. The Morgan fingerprint density at radius 3 is 2.50 bits per heavy atom. The Morgan fingerprint density at radius 1 is 1.13 bits per heavy atom. The molecule has 160 valence electrons. The second kappa shape index (κ2) is 11.4. The van der Waals surface area contributed by atoms with Crippen molar-refractivity contribution >= 4 is 68.3 Å². The molecule has 11 heteroatoms. The molecule has 0 bridgehead atoms. The summed E-state index contributed by atoms with van der Waals surface area (Å²) in [6, 6.07) is 10.1. The standard InChI is InChI=1S/C19H18BrCl2N3O4S/c1-10-3-5-15(13(20)7-10)28-9-17(26)23-19(30)25-24-18(27)11(2)29-16-6-4-12(21)8-14(16)22/h3-8,11H,9H2,1-2H3,(H,24,27)(H2,23,25,26,30). The lowest BCUT2D eigenvalue weighted by Crippen LogP contribution is -2.52. The van der Waals surface area contributed by atoms with E-state index < -0.39 is 17.9 Å². The fourth-order valence-corrected chi connectivity index (χ4v) is 3.32. The fourth-order valence-electron chi connectivity index (χ4n) is 2.09. The molecule has 0 fully saturated rings. The summed E-state index contributed by atoms with van der Waals surface area (Å²) in [7, 11) is 0. The highest BCUT2D eigenvalue weighted by Gasteiger charge is 2.17. The van der Waals surface area contributed by atoms with Gasteiger partial charge in [0.1, 0.15) is 11.5 Å². The summed E-state index contributed by atoms with van der Waals surface area (Å²) in [5.41, 5.74) is 5.81. The molecule has 0 aliphatic heterocycles. The van der Waals surface area contributed by atoms with Crippen LogP contribution >= 0.6 is 51.3 Å². The van der Waals surface area contributed by atoms with Gasteiger partial charge in [0.2, 0.25) is 0 Å². The second-order valence-electron chi connectivity index (χ2n) is 6.05. The lowest BCUT2D eigenvalue weighted by molar-refractivity contribution is -0.128. The van der Waals surface area contributed by atoms with Gasteiger partial charge in [-0.1, -0.05) is 29.3 Å². The summed E-state index contributed by atoms with van der Waals surface area (Å²) in [6.07, 6.45) is -0.892. The number of nitrogens with one attached hydrogen (secondary N) is 3. The molecule has 1 unspecified atom stereocenters. The summed E-state index contributed by atoms with van der Waals surface area (Å²) >= 11 is 20.2. The summed E-state index contributed by atoms with van der Waals surface area (Å²) in [4.78, 5) is 24.1. The maximum atomic E-state index is 12.1. The summed E-state index contributed by atoms with van der Waals surface area (Å²) in [5.74, 6) is -0.197. The first-order valence-electron chi connectivity index (χ1n) is 8.56. The first-order chi connectivity index (χ1) is 14.2. The number of amides is 2. The summed E-state index contributed by atoms with van der Waals surface area (Å²) in [5, 5.41) is 3.02. The molecule has 30 heavy (non-hydrogen) atoms. The predicted octanol–water partition coefficient (Wildman–Crippen LogP) is 3.93. The van der Waals surface area contributed by atoms with Crippen LogP contribution in [0.2, 0.25) is 10.0 Å². The molecule has 0 aliphatic carbocycles. The number of aryl methyl sites for hydroxylation is 1. The number of ether oxygens (including phenoxy) is 2. The van der Waals surface area contributed by atoms with E-state index in [1.807, 2.05) is 19.1 Å². The third-order valence-electron chi connectivity index (χ3n) is 3.57. The minimum atomic E-state index is -0.892. The maximum Gasteiger partial charge on any atom is 0.279 e. The number of carbonyl (C=O) groups excluding carboxylic acids is 2. The average molecular weight is 535 g/mol. The van der Waals surface area contributed by atoms with Crippen LogP contribution in [0.1, 0.15) is 12.5 Å². The van der Waals surface area contributed by atoms with Crippen molar-refractivity contribution in [2.45, 2.75) is 20.0 Å². The first-order valence-corrected chi connectivity index (χ1v) is 10.5. The van der Waals surface area contributed by atoms with Crippen molar-refractivity contribution in [3.8, 4) is 11.5 Å². The zero-order valence-electron chi connectivity index (χ0n) is 15.9. The third-order valence-corrected chi connectivity index (χ3v) is 4.92. The van der Waals surface area contributed by atoms with Crippen molar-refractivity contribution in [2.75, 3.05) is 6.61 Å².